The molecule has 2 aromatic rings. The van der Waals surface area contributed by atoms with Crippen LogP contribution in [0.1, 0.15) is 16.7 Å². The van der Waals surface area contributed by atoms with E-state index < -0.39 is 11.6 Å². The molecule has 0 saturated heterocycles. The average Bonchev–Trinajstić information content (AvgIpc) is 2.34. The third-order valence-corrected chi connectivity index (χ3v) is 3.00. The summed E-state index contributed by atoms with van der Waals surface area (Å²) in [5, 5.41) is 0. The predicted octanol–water partition coefficient (Wildman–Crippen LogP) is 3.74. The van der Waals surface area contributed by atoms with Gasteiger partial charge in [-0.3, -0.25) is 0 Å². The molecule has 0 aliphatic heterocycles. The van der Waals surface area contributed by atoms with E-state index in [0.29, 0.717) is 11.4 Å². The SMILES string of the molecule is Cc1cc(OCc2c(F)cccc2F)c(C)cc1N. The molecular weight excluding hydrogens is 248 g/mol. The smallest absolute Gasteiger partial charge is 0.132 e. The molecule has 4 heteroatoms. The Hall–Kier alpha value is -2.10. The van der Waals surface area contributed by atoms with E-state index in [4.69, 9.17) is 10.5 Å². The summed E-state index contributed by atoms with van der Waals surface area (Å²) in [5.74, 6) is -0.635. The number of ether oxygens (including phenoxy) is 1. The molecule has 0 bridgehead atoms. The summed E-state index contributed by atoms with van der Waals surface area (Å²) < 4.78 is 32.4. The van der Waals surface area contributed by atoms with E-state index in [2.05, 4.69) is 0 Å². The number of rotatable bonds is 3. The van der Waals surface area contributed by atoms with Gasteiger partial charge in [-0.25, -0.2) is 8.78 Å². The fourth-order valence-corrected chi connectivity index (χ4v) is 1.79. The molecule has 2 rings (SSSR count). The zero-order valence-electron chi connectivity index (χ0n) is 10.8. The van der Waals surface area contributed by atoms with E-state index in [1.165, 1.54) is 18.2 Å². The molecule has 0 heterocycles. The van der Waals surface area contributed by atoms with Crippen molar-refractivity contribution < 1.29 is 13.5 Å². The van der Waals surface area contributed by atoms with E-state index in [9.17, 15) is 8.78 Å². The molecule has 0 amide bonds. The Labute approximate surface area is 110 Å². The highest BCUT2D eigenvalue weighted by Crippen LogP contribution is 2.25. The van der Waals surface area contributed by atoms with Gasteiger partial charge >= 0.3 is 0 Å². The van der Waals surface area contributed by atoms with E-state index in [0.717, 1.165) is 11.1 Å². The van der Waals surface area contributed by atoms with Gasteiger partial charge < -0.3 is 10.5 Å². The summed E-state index contributed by atoms with van der Waals surface area (Å²) in [5.41, 5.74) is 8.07. The van der Waals surface area contributed by atoms with Crippen LogP contribution in [-0.2, 0) is 6.61 Å². The van der Waals surface area contributed by atoms with Gasteiger partial charge in [-0.1, -0.05) is 6.07 Å². The lowest BCUT2D eigenvalue weighted by Crippen LogP contribution is -2.03. The molecule has 0 saturated carbocycles. The first-order chi connectivity index (χ1) is 8.99. The molecule has 2 nitrogen and oxygen atoms in total. The average molecular weight is 263 g/mol. The Morgan fingerprint density at radius 1 is 1.05 bits per heavy atom. The molecule has 0 radical (unpaired) electrons. The van der Waals surface area contributed by atoms with Crippen molar-refractivity contribution in [3.05, 3.63) is 58.7 Å². The standard InChI is InChI=1S/C15H15F2NO/c1-9-7-15(10(2)6-14(9)18)19-8-11-12(16)4-3-5-13(11)17/h3-7H,8,18H2,1-2H3. The molecule has 0 aliphatic rings. The lowest BCUT2D eigenvalue weighted by Gasteiger charge is -2.12. The van der Waals surface area contributed by atoms with E-state index in [-0.39, 0.29) is 12.2 Å². The van der Waals surface area contributed by atoms with Crippen molar-refractivity contribution >= 4 is 5.69 Å². The lowest BCUT2D eigenvalue weighted by molar-refractivity contribution is 0.290. The minimum atomic E-state index is -0.607. The van der Waals surface area contributed by atoms with Crippen molar-refractivity contribution in [3.63, 3.8) is 0 Å². The Morgan fingerprint density at radius 3 is 2.32 bits per heavy atom. The number of benzene rings is 2. The third-order valence-electron chi connectivity index (χ3n) is 3.00. The molecule has 2 N–H and O–H groups in total. The minimum absolute atomic E-state index is 0.0728. The maximum atomic E-state index is 13.5. The Balaban J connectivity index is 2.22. The number of aryl methyl sites for hydroxylation is 2. The number of hydrogen-bond donors (Lipinski definition) is 1. The van der Waals surface area contributed by atoms with Gasteiger partial charge in [-0.05, 0) is 49.2 Å². The summed E-state index contributed by atoms with van der Waals surface area (Å²) in [6, 6.07) is 7.30. The molecule has 0 atom stereocenters. The fourth-order valence-electron chi connectivity index (χ4n) is 1.79. The van der Waals surface area contributed by atoms with Gasteiger partial charge in [0.2, 0.25) is 0 Å². The van der Waals surface area contributed by atoms with Crippen LogP contribution >= 0.6 is 0 Å². The van der Waals surface area contributed by atoms with Crippen molar-refractivity contribution in [1.82, 2.24) is 0 Å². The van der Waals surface area contributed by atoms with Crippen LogP contribution < -0.4 is 10.5 Å². The Morgan fingerprint density at radius 2 is 1.68 bits per heavy atom. The first-order valence-corrected chi connectivity index (χ1v) is 5.91. The Bertz CT molecular complexity index is 591. The first kappa shape index (κ1) is 13.3. The van der Waals surface area contributed by atoms with E-state index in [1.54, 1.807) is 12.1 Å². The van der Waals surface area contributed by atoms with Crippen molar-refractivity contribution in [2.24, 2.45) is 0 Å². The number of anilines is 1. The highest BCUT2D eigenvalue weighted by molar-refractivity contribution is 5.53. The second-order valence-corrected chi connectivity index (χ2v) is 4.46. The lowest BCUT2D eigenvalue weighted by atomic mass is 10.1. The minimum Gasteiger partial charge on any atom is -0.488 e. The largest absolute Gasteiger partial charge is 0.488 e. The van der Waals surface area contributed by atoms with Crippen molar-refractivity contribution in [1.29, 1.82) is 0 Å². The molecule has 0 spiro atoms. The van der Waals surface area contributed by atoms with Crippen molar-refractivity contribution in [3.8, 4) is 5.75 Å². The first-order valence-electron chi connectivity index (χ1n) is 5.91. The summed E-state index contributed by atoms with van der Waals surface area (Å²) in [4.78, 5) is 0. The van der Waals surface area contributed by atoms with Crippen LogP contribution in [0.25, 0.3) is 0 Å². The highest BCUT2D eigenvalue weighted by Gasteiger charge is 2.10. The second-order valence-electron chi connectivity index (χ2n) is 4.46. The number of nitrogen functional groups attached to an aromatic ring is 1. The molecule has 0 fully saturated rings. The molecule has 2 aromatic carbocycles. The molecular formula is C15H15F2NO. The monoisotopic (exact) mass is 263 g/mol. The number of hydrogen-bond acceptors (Lipinski definition) is 2. The van der Waals surface area contributed by atoms with Gasteiger partial charge in [0.05, 0.1) is 5.56 Å². The van der Waals surface area contributed by atoms with Crippen LogP contribution in [0.4, 0.5) is 14.5 Å². The summed E-state index contributed by atoms with van der Waals surface area (Å²) in [6.45, 7) is 3.54. The van der Waals surface area contributed by atoms with Crippen LogP contribution in [0, 0.1) is 25.5 Å². The van der Waals surface area contributed by atoms with Gasteiger partial charge in [0, 0.05) is 5.69 Å². The Kier molecular flexibility index (Phi) is 3.69. The molecule has 100 valence electrons. The normalized spacial score (nSPS) is 10.5. The number of halogens is 2. The maximum Gasteiger partial charge on any atom is 0.132 e. The molecule has 19 heavy (non-hydrogen) atoms. The van der Waals surface area contributed by atoms with E-state index in [1.807, 2.05) is 13.8 Å². The third kappa shape index (κ3) is 2.84. The van der Waals surface area contributed by atoms with Crippen LogP contribution in [-0.4, -0.2) is 0 Å². The van der Waals surface area contributed by atoms with Gasteiger partial charge in [0.25, 0.3) is 0 Å². The molecule has 0 unspecified atom stereocenters. The molecule has 0 aromatic heterocycles. The summed E-state index contributed by atoms with van der Waals surface area (Å²) >= 11 is 0. The van der Waals surface area contributed by atoms with Crippen LogP contribution in [0.2, 0.25) is 0 Å². The van der Waals surface area contributed by atoms with Crippen molar-refractivity contribution in [2.75, 3.05) is 5.73 Å². The van der Waals surface area contributed by atoms with Gasteiger partial charge in [0.15, 0.2) is 0 Å². The predicted molar refractivity (Wildman–Crippen MR) is 71.0 cm³/mol. The van der Waals surface area contributed by atoms with Crippen molar-refractivity contribution in [2.45, 2.75) is 20.5 Å². The van der Waals surface area contributed by atoms with Gasteiger partial charge in [0.1, 0.15) is 24.0 Å². The fraction of sp³-hybridized carbons (Fsp3) is 0.200. The van der Waals surface area contributed by atoms with Gasteiger partial charge in [-0.15, -0.1) is 0 Å². The zero-order chi connectivity index (χ0) is 14.0. The zero-order valence-corrected chi connectivity index (χ0v) is 10.8. The second kappa shape index (κ2) is 5.26. The summed E-state index contributed by atoms with van der Waals surface area (Å²) in [6.07, 6.45) is 0. The topological polar surface area (TPSA) is 35.2 Å². The molecule has 0 aliphatic carbocycles. The summed E-state index contributed by atoms with van der Waals surface area (Å²) in [7, 11) is 0. The maximum absolute atomic E-state index is 13.5. The van der Waals surface area contributed by atoms with E-state index >= 15 is 0 Å². The van der Waals surface area contributed by atoms with Crippen LogP contribution in [0.5, 0.6) is 5.75 Å². The van der Waals surface area contributed by atoms with Crippen LogP contribution in [0.3, 0.4) is 0 Å². The highest BCUT2D eigenvalue weighted by atomic mass is 19.1. The quantitative estimate of drug-likeness (QED) is 0.856. The van der Waals surface area contributed by atoms with Gasteiger partial charge in [-0.2, -0.15) is 0 Å². The number of nitrogens with two attached hydrogens (primary N) is 1. The van der Waals surface area contributed by atoms with Crippen LogP contribution in [0.15, 0.2) is 30.3 Å².